The molecule has 0 atom stereocenters. The first-order valence-electron chi connectivity index (χ1n) is 16.4. The standard InChI is InChI=1S/2C16H33NO2/c2*17-15-13-11-9-7-5-3-1-2-4-6-8-10-12-14-16(18)19/h2*1-15,17H2,(H,18,19). The number of carbonyl (C=O) groups is 2. The van der Waals surface area contributed by atoms with Gasteiger partial charge in [-0.1, -0.05) is 141 Å². The lowest BCUT2D eigenvalue weighted by Crippen LogP contribution is -1.97. The van der Waals surface area contributed by atoms with Crippen LogP contribution < -0.4 is 11.5 Å². The minimum absolute atomic E-state index is 0.337. The number of carboxylic acids is 2. The molecule has 6 nitrogen and oxygen atoms in total. The van der Waals surface area contributed by atoms with E-state index in [0.29, 0.717) is 12.8 Å². The Morgan fingerprint density at radius 1 is 0.316 bits per heavy atom. The van der Waals surface area contributed by atoms with E-state index in [1.54, 1.807) is 0 Å². The number of hydrogen-bond acceptors (Lipinski definition) is 4. The minimum atomic E-state index is -0.661. The Labute approximate surface area is 236 Å². The second kappa shape index (κ2) is 35.9. The number of carboxylic acid groups (broad SMARTS) is 2. The average molecular weight is 543 g/mol. The molecule has 0 heterocycles. The lowest BCUT2D eigenvalue weighted by Gasteiger charge is -2.02. The molecule has 38 heavy (non-hydrogen) atoms. The summed E-state index contributed by atoms with van der Waals surface area (Å²) in [5, 5.41) is 17.0. The van der Waals surface area contributed by atoms with Crippen LogP contribution in [0.15, 0.2) is 0 Å². The summed E-state index contributed by atoms with van der Waals surface area (Å²) in [4.78, 5) is 20.6. The van der Waals surface area contributed by atoms with E-state index in [1.807, 2.05) is 0 Å². The van der Waals surface area contributed by atoms with Crippen molar-refractivity contribution >= 4 is 11.9 Å². The summed E-state index contributed by atoms with van der Waals surface area (Å²) in [7, 11) is 0. The summed E-state index contributed by atoms with van der Waals surface area (Å²) in [6, 6.07) is 0. The van der Waals surface area contributed by atoms with Crippen molar-refractivity contribution in [1.82, 2.24) is 0 Å². The van der Waals surface area contributed by atoms with Gasteiger partial charge in [-0.15, -0.1) is 0 Å². The zero-order chi connectivity index (χ0) is 28.4. The van der Waals surface area contributed by atoms with Gasteiger partial charge < -0.3 is 21.7 Å². The van der Waals surface area contributed by atoms with Crippen molar-refractivity contribution in [1.29, 1.82) is 0 Å². The number of hydrogen-bond donors (Lipinski definition) is 4. The van der Waals surface area contributed by atoms with E-state index in [9.17, 15) is 9.59 Å². The molecule has 0 aliphatic heterocycles. The lowest BCUT2D eigenvalue weighted by molar-refractivity contribution is -0.138. The van der Waals surface area contributed by atoms with Crippen molar-refractivity contribution in [3.63, 3.8) is 0 Å². The van der Waals surface area contributed by atoms with Crippen molar-refractivity contribution < 1.29 is 19.8 Å². The summed E-state index contributed by atoms with van der Waals surface area (Å²) in [5.41, 5.74) is 10.9. The van der Waals surface area contributed by atoms with Crippen LogP contribution in [-0.2, 0) is 9.59 Å². The molecule has 0 aromatic rings. The van der Waals surface area contributed by atoms with Crippen LogP contribution in [0.3, 0.4) is 0 Å². The fraction of sp³-hybridized carbons (Fsp3) is 0.938. The quantitative estimate of drug-likeness (QED) is 0.0671. The van der Waals surface area contributed by atoms with Gasteiger partial charge in [0.05, 0.1) is 0 Å². The Bertz CT molecular complexity index is 432. The van der Waals surface area contributed by atoms with Crippen molar-refractivity contribution in [3.05, 3.63) is 0 Å². The van der Waals surface area contributed by atoms with E-state index in [1.165, 1.54) is 141 Å². The van der Waals surface area contributed by atoms with Crippen LogP contribution in [-0.4, -0.2) is 35.2 Å². The molecule has 228 valence electrons. The van der Waals surface area contributed by atoms with Gasteiger partial charge in [0.25, 0.3) is 0 Å². The van der Waals surface area contributed by atoms with Gasteiger partial charge in [-0.3, -0.25) is 9.59 Å². The van der Waals surface area contributed by atoms with Gasteiger partial charge in [-0.25, -0.2) is 0 Å². The molecule has 0 radical (unpaired) electrons. The molecule has 0 aliphatic rings. The second-order valence-electron chi connectivity index (χ2n) is 11.1. The van der Waals surface area contributed by atoms with Crippen LogP contribution in [0, 0.1) is 0 Å². The largest absolute Gasteiger partial charge is 0.481 e. The van der Waals surface area contributed by atoms with Gasteiger partial charge in [0.1, 0.15) is 0 Å². The summed E-state index contributed by atoms with van der Waals surface area (Å²) >= 11 is 0. The molecule has 6 heteroatoms. The molecular formula is C32H66N2O4. The lowest BCUT2D eigenvalue weighted by atomic mass is 10.0. The first kappa shape index (κ1) is 39.0. The van der Waals surface area contributed by atoms with E-state index in [2.05, 4.69) is 0 Å². The third-order valence-electron chi connectivity index (χ3n) is 7.19. The third kappa shape index (κ3) is 42.0. The van der Waals surface area contributed by atoms with Gasteiger partial charge in [-0.2, -0.15) is 0 Å². The van der Waals surface area contributed by atoms with E-state index in [4.69, 9.17) is 21.7 Å². The maximum atomic E-state index is 10.3. The predicted molar refractivity (Wildman–Crippen MR) is 163 cm³/mol. The highest BCUT2D eigenvalue weighted by Gasteiger charge is 1.98. The molecular weight excluding hydrogens is 476 g/mol. The van der Waals surface area contributed by atoms with Gasteiger partial charge >= 0.3 is 11.9 Å². The Kier molecular flexibility index (Phi) is 36.8. The van der Waals surface area contributed by atoms with Crippen LogP contribution in [0.4, 0.5) is 0 Å². The normalized spacial score (nSPS) is 10.8. The predicted octanol–water partition coefficient (Wildman–Crippen LogP) is 8.98. The van der Waals surface area contributed by atoms with E-state index < -0.39 is 11.9 Å². The first-order valence-corrected chi connectivity index (χ1v) is 16.4. The Morgan fingerprint density at radius 2 is 0.474 bits per heavy atom. The SMILES string of the molecule is NCCCCCCCCCCCCCCCC(=O)O.NCCCCCCCCCCCCCCCC(=O)O. The molecule has 0 saturated carbocycles. The molecule has 0 amide bonds. The minimum Gasteiger partial charge on any atom is -0.481 e. The van der Waals surface area contributed by atoms with Crippen LogP contribution >= 0.6 is 0 Å². The maximum absolute atomic E-state index is 10.3. The molecule has 0 spiro atoms. The summed E-state index contributed by atoms with van der Waals surface area (Å²) in [5.74, 6) is -1.32. The number of rotatable bonds is 30. The second-order valence-corrected chi connectivity index (χ2v) is 11.1. The fourth-order valence-corrected chi connectivity index (χ4v) is 4.73. The van der Waals surface area contributed by atoms with Gasteiger partial charge in [0.2, 0.25) is 0 Å². The zero-order valence-electron chi connectivity index (χ0n) is 25.1. The summed E-state index contributed by atoms with van der Waals surface area (Å²) in [6.45, 7) is 1.68. The molecule has 0 bridgehead atoms. The fourth-order valence-electron chi connectivity index (χ4n) is 4.73. The average Bonchev–Trinajstić information content (AvgIpc) is 2.89. The first-order chi connectivity index (χ1) is 18.5. The summed E-state index contributed by atoms with van der Waals surface area (Å²) in [6.07, 6.45) is 33.4. The van der Waals surface area contributed by atoms with E-state index in [-0.39, 0.29) is 0 Å². The number of unbranched alkanes of at least 4 members (excludes halogenated alkanes) is 24. The topological polar surface area (TPSA) is 127 Å². The summed E-state index contributed by atoms with van der Waals surface area (Å²) < 4.78 is 0. The highest BCUT2D eigenvalue weighted by molar-refractivity contribution is 5.66. The van der Waals surface area contributed by atoms with Crippen molar-refractivity contribution in [2.24, 2.45) is 11.5 Å². The van der Waals surface area contributed by atoms with Crippen molar-refractivity contribution in [2.75, 3.05) is 13.1 Å². The van der Waals surface area contributed by atoms with Crippen molar-refractivity contribution in [3.8, 4) is 0 Å². The Hall–Kier alpha value is -1.14. The highest BCUT2D eigenvalue weighted by atomic mass is 16.4. The molecule has 0 aliphatic carbocycles. The van der Waals surface area contributed by atoms with Crippen LogP contribution in [0.5, 0.6) is 0 Å². The molecule has 0 aromatic carbocycles. The maximum Gasteiger partial charge on any atom is 0.303 e. The van der Waals surface area contributed by atoms with Gasteiger partial charge in [0.15, 0.2) is 0 Å². The Balaban J connectivity index is 0. The molecule has 0 unspecified atom stereocenters. The van der Waals surface area contributed by atoms with Crippen molar-refractivity contribution in [2.45, 2.75) is 180 Å². The molecule has 0 saturated heterocycles. The molecule has 0 fully saturated rings. The smallest absolute Gasteiger partial charge is 0.303 e. The van der Waals surface area contributed by atoms with Crippen LogP contribution in [0.1, 0.15) is 180 Å². The molecule has 6 N–H and O–H groups in total. The van der Waals surface area contributed by atoms with Gasteiger partial charge in [-0.05, 0) is 38.8 Å². The Morgan fingerprint density at radius 3 is 0.632 bits per heavy atom. The third-order valence-corrected chi connectivity index (χ3v) is 7.19. The van der Waals surface area contributed by atoms with Crippen LogP contribution in [0.2, 0.25) is 0 Å². The number of nitrogens with two attached hydrogens (primary N) is 2. The van der Waals surface area contributed by atoms with Gasteiger partial charge in [0, 0.05) is 12.8 Å². The monoisotopic (exact) mass is 543 g/mol. The van der Waals surface area contributed by atoms with E-state index >= 15 is 0 Å². The van der Waals surface area contributed by atoms with E-state index in [0.717, 1.165) is 38.8 Å². The number of aliphatic carboxylic acids is 2. The van der Waals surface area contributed by atoms with Crippen LogP contribution in [0.25, 0.3) is 0 Å². The highest BCUT2D eigenvalue weighted by Crippen LogP contribution is 2.14. The molecule has 0 rings (SSSR count). The molecule has 0 aromatic heterocycles. The zero-order valence-corrected chi connectivity index (χ0v) is 25.1.